The summed E-state index contributed by atoms with van der Waals surface area (Å²) in [4.78, 5) is 27.5. The van der Waals surface area contributed by atoms with Crippen LogP contribution in [0.4, 0.5) is 4.79 Å². The fourth-order valence-electron chi connectivity index (χ4n) is 4.18. The molecule has 2 amide bonds. The summed E-state index contributed by atoms with van der Waals surface area (Å²) < 4.78 is 0. The van der Waals surface area contributed by atoms with Crippen LogP contribution in [0.5, 0.6) is 0 Å². The minimum atomic E-state index is -0.801. The highest BCUT2D eigenvalue weighted by Gasteiger charge is 2.34. The maximum Gasteiger partial charge on any atom is 0.317 e. The SMILES string of the molecule is CCN(CC(=O)O)C1CC(NC(=O)NCC(C)N2CCc3ccccc3C2)C1. The summed E-state index contributed by atoms with van der Waals surface area (Å²) in [5, 5.41) is 15.0. The molecule has 1 unspecified atom stereocenters. The van der Waals surface area contributed by atoms with Gasteiger partial charge in [0.25, 0.3) is 0 Å². The second kappa shape index (κ2) is 9.39. The van der Waals surface area contributed by atoms with Gasteiger partial charge in [0.2, 0.25) is 0 Å². The van der Waals surface area contributed by atoms with Gasteiger partial charge >= 0.3 is 12.0 Å². The molecule has 7 nitrogen and oxygen atoms in total. The van der Waals surface area contributed by atoms with Gasteiger partial charge in [-0.15, -0.1) is 0 Å². The van der Waals surface area contributed by atoms with E-state index in [4.69, 9.17) is 5.11 Å². The van der Waals surface area contributed by atoms with Gasteiger partial charge in [0.1, 0.15) is 0 Å². The fraction of sp³-hybridized carbons (Fsp3) is 0.619. The van der Waals surface area contributed by atoms with Gasteiger partial charge < -0.3 is 15.7 Å². The molecular weight excluding hydrogens is 356 g/mol. The van der Waals surface area contributed by atoms with Crippen LogP contribution in [0.2, 0.25) is 0 Å². The molecule has 1 aromatic rings. The highest BCUT2D eigenvalue weighted by atomic mass is 16.4. The predicted molar refractivity (Wildman–Crippen MR) is 108 cm³/mol. The Kier molecular flexibility index (Phi) is 6.91. The van der Waals surface area contributed by atoms with Crippen LogP contribution >= 0.6 is 0 Å². The Bertz CT molecular complexity index is 690. The Labute approximate surface area is 167 Å². The Morgan fingerprint density at radius 2 is 2.00 bits per heavy atom. The minimum absolute atomic E-state index is 0.0660. The summed E-state index contributed by atoms with van der Waals surface area (Å²) in [6.45, 7) is 7.46. The van der Waals surface area contributed by atoms with Crippen LogP contribution in [0, 0.1) is 0 Å². The number of carboxylic acids is 1. The van der Waals surface area contributed by atoms with Crippen molar-refractivity contribution in [2.24, 2.45) is 0 Å². The van der Waals surface area contributed by atoms with Crippen molar-refractivity contribution >= 4 is 12.0 Å². The zero-order chi connectivity index (χ0) is 20.1. The molecule has 28 heavy (non-hydrogen) atoms. The van der Waals surface area contributed by atoms with Crippen molar-refractivity contribution in [1.82, 2.24) is 20.4 Å². The lowest BCUT2D eigenvalue weighted by Gasteiger charge is -2.42. The highest BCUT2D eigenvalue weighted by molar-refractivity contribution is 5.74. The van der Waals surface area contributed by atoms with Gasteiger partial charge in [0.15, 0.2) is 0 Å². The van der Waals surface area contributed by atoms with Crippen LogP contribution in [-0.2, 0) is 17.8 Å². The molecule has 1 aliphatic carbocycles. The molecule has 1 aliphatic heterocycles. The second-order valence-corrected chi connectivity index (χ2v) is 7.97. The topological polar surface area (TPSA) is 84.9 Å². The molecule has 7 heteroatoms. The number of benzene rings is 1. The molecule has 3 rings (SSSR count). The van der Waals surface area contributed by atoms with E-state index in [1.165, 1.54) is 11.1 Å². The molecular formula is C21H32N4O3. The van der Waals surface area contributed by atoms with Crippen molar-refractivity contribution in [3.63, 3.8) is 0 Å². The molecule has 0 saturated heterocycles. The maximum atomic E-state index is 12.2. The van der Waals surface area contributed by atoms with Gasteiger partial charge in [0, 0.05) is 37.8 Å². The lowest BCUT2D eigenvalue weighted by atomic mass is 9.85. The van der Waals surface area contributed by atoms with Gasteiger partial charge in [-0.05, 0) is 43.9 Å². The van der Waals surface area contributed by atoms with E-state index in [1.54, 1.807) is 0 Å². The summed E-state index contributed by atoms with van der Waals surface area (Å²) in [6, 6.07) is 9.09. The molecule has 2 aliphatic rings. The second-order valence-electron chi connectivity index (χ2n) is 7.97. The summed E-state index contributed by atoms with van der Waals surface area (Å²) >= 11 is 0. The van der Waals surface area contributed by atoms with E-state index in [1.807, 2.05) is 11.8 Å². The Balaban J connectivity index is 1.36. The first-order valence-corrected chi connectivity index (χ1v) is 10.3. The number of likely N-dealkylation sites (N-methyl/N-ethyl adjacent to an activating group) is 1. The van der Waals surface area contributed by atoms with Gasteiger partial charge in [-0.2, -0.15) is 0 Å². The number of nitrogens with one attached hydrogen (secondary N) is 2. The summed E-state index contributed by atoms with van der Waals surface area (Å²) in [7, 11) is 0. The first-order chi connectivity index (χ1) is 13.5. The van der Waals surface area contributed by atoms with E-state index in [0.717, 1.165) is 32.4 Å². The molecule has 0 aromatic heterocycles. The number of nitrogens with zero attached hydrogens (tertiary/aromatic N) is 2. The Morgan fingerprint density at radius 1 is 1.29 bits per heavy atom. The van der Waals surface area contributed by atoms with Crippen LogP contribution in [0.15, 0.2) is 24.3 Å². The third-order valence-electron chi connectivity index (χ3n) is 6.05. The standard InChI is InChI=1S/C21H32N4O3/c1-3-24(14-20(26)27)19-10-18(11-19)23-21(28)22-12-15(2)25-9-8-16-6-4-5-7-17(16)13-25/h4-7,15,18-19H,3,8-14H2,1-2H3,(H,26,27)(H2,22,23,28). The maximum absolute atomic E-state index is 12.2. The average Bonchev–Trinajstić information content (AvgIpc) is 2.66. The quantitative estimate of drug-likeness (QED) is 0.631. The van der Waals surface area contributed by atoms with E-state index < -0.39 is 5.97 Å². The number of urea groups is 1. The van der Waals surface area contributed by atoms with Crippen molar-refractivity contribution in [2.75, 3.05) is 26.2 Å². The van der Waals surface area contributed by atoms with Crippen LogP contribution in [0.1, 0.15) is 37.8 Å². The summed E-state index contributed by atoms with van der Waals surface area (Å²) in [5.74, 6) is -0.801. The molecule has 1 saturated carbocycles. The number of hydrogen-bond acceptors (Lipinski definition) is 4. The fourth-order valence-corrected chi connectivity index (χ4v) is 4.18. The van der Waals surface area contributed by atoms with Gasteiger partial charge in [-0.25, -0.2) is 4.79 Å². The number of carboxylic acid groups (broad SMARTS) is 1. The molecule has 0 spiro atoms. The van der Waals surface area contributed by atoms with Gasteiger partial charge in [0.05, 0.1) is 6.54 Å². The predicted octanol–water partition coefficient (Wildman–Crippen LogP) is 1.67. The highest BCUT2D eigenvalue weighted by Crippen LogP contribution is 2.25. The normalized spacial score (nSPS) is 22.8. The first kappa shape index (κ1) is 20.6. The summed E-state index contributed by atoms with van der Waals surface area (Å²) in [5.41, 5.74) is 2.81. The van der Waals surface area contributed by atoms with Crippen molar-refractivity contribution < 1.29 is 14.7 Å². The van der Waals surface area contributed by atoms with Crippen molar-refractivity contribution in [3.05, 3.63) is 35.4 Å². The third kappa shape index (κ3) is 5.23. The van der Waals surface area contributed by atoms with Crippen molar-refractivity contribution in [2.45, 2.75) is 57.8 Å². The minimum Gasteiger partial charge on any atom is -0.480 e. The summed E-state index contributed by atoms with van der Waals surface area (Å²) in [6.07, 6.45) is 2.68. The zero-order valence-corrected chi connectivity index (χ0v) is 16.9. The number of rotatable bonds is 8. The van der Waals surface area contributed by atoms with E-state index in [0.29, 0.717) is 13.1 Å². The molecule has 1 aromatic carbocycles. The lowest BCUT2D eigenvalue weighted by molar-refractivity contribution is -0.139. The van der Waals surface area contributed by atoms with E-state index in [9.17, 15) is 9.59 Å². The van der Waals surface area contributed by atoms with E-state index >= 15 is 0 Å². The smallest absolute Gasteiger partial charge is 0.317 e. The average molecular weight is 389 g/mol. The van der Waals surface area contributed by atoms with Crippen molar-refractivity contribution in [3.8, 4) is 0 Å². The van der Waals surface area contributed by atoms with Crippen LogP contribution < -0.4 is 10.6 Å². The number of hydrogen-bond donors (Lipinski definition) is 3. The number of aliphatic carboxylic acids is 1. The first-order valence-electron chi connectivity index (χ1n) is 10.3. The molecule has 0 bridgehead atoms. The molecule has 1 fully saturated rings. The number of fused-ring (bicyclic) bond motifs is 1. The van der Waals surface area contributed by atoms with Crippen LogP contribution in [0.3, 0.4) is 0 Å². The lowest BCUT2D eigenvalue weighted by Crippen LogP contribution is -2.57. The molecule has 0 radical (unpaired) electrons. The van der Waals surface area contributed by atoms with Gasteiger partial charge in [-0.3, -0.25) is 14.6 Å². The Hall–Kier alpha value is -2.12. The molecule has 3 N–H and O–H groups in total. The largest absolute Gasteiger partial charge is 0.480 e. The van der Waals surface area contributed by atoms with Crippen LogP contribution in [0.25, 0.3) is 0 Å². The zero-order valence-electron chi connectivity index (χ0n) is 16.9. The third-order valence-corrected chi connectivity index (χ3v) is 6.05. The van der Waals surface area contributed by atoms with E-state index in [2.05, 4.69) is 46.7 Å². The molecule has 154 valence electrons. The van der Waals surface area contributed by atoms with Crippen molar-refractivity contribution in [1.29, 1.82) is 0 Å². The number of amides is 2. The van der Waals surface area contributed by atoms with E-state index in [-0.39, 0.29) is 30.7 Å². The Morgan fingerprint density at radius 3 is 2.68 bits per heavy atom. The molecule has 1 atom stereocenters. The van der Waals surface area contributed by atoms with Crippen LogP contribution in [-0.4, -0.2) is 71.2 Å². The molecule has 1 heterocycles. The van der Waals surface area contributed by atoms with Gasteiger partial charge in [-0.1, -0.05) is 31.2 Å². The number of carbonyl (C=O) groups is 2. The number of carbonyl (C=O) groups excluding carboxylic acids is 1. The monoisotopic (exact) mass is 388 g/mol.